The molecule has 0 amide bonds. The Balaban J connectivity index is 2.21. The molecule has 0 unspecified atom stereocenters. The molecular formula is C16H16N4O2. The van der Waals surface area contributed by atoms with E-state index >= 15 is 0 Å². The van der Waals surface area contributed by atoms with Crippen LogP contribution in [-0.4, -0.2) is 28.3 Å². The molecule has 0 fully saturated rings. The van der Waals surface area contributed by atoms with E-state index in [2.05, 4.69) is 15.2 Å². The highest BCUT2D eigenvalue weighted by Crippen LogP contribution is 2.29. The summed E-state index contributed by atoms with van der Waals surface area (Å²) in [7, 11) is 1.36. The van der Waals surface area contributed by atoms with Gasteiger partial charge in [-0.3, -0.25) is 9.89 Å². The number of nitrogens with zero attached hydrogens (tertiary/aromatic N) is 2. The van der Waals surface area contributed by atoms with Crippen molar-refractivity contribution in [2.75, 3.05) is 12.8 Å². The summed E-state index contributed by atoms with van der Waals surface area (Å²) in [5, 5.41) is 7.50. The fourth-order valence-electron chi connectivity index (χ4n) is 2.49. The molecule has 3 N–H and O–H groups in total. The van der Waals surface area contributed by atoms with Crippen molar-refractivity contribution in [1.29, 1.82) is 0 Å². The molecule has 6 nitrogen and oxygen atoms in total. The third-order valence-corrected chi connectivity index (χ3v) is 3.62. The van der Waals surface area contributed by atoms with Crippen LogP contribution in [0.2, 0.25) is 0 Å². The summed E-state index contributed by atoms with van der Waals surface area (Å²) in [6.45, 7) is 2.01. The van der Waals surface area contributed by atoms with Crippen LogP contribution in [0.5, 0.6) is 0 Å². The van der Waals surface area contributed by atoms with Crippen LogP contribution in [-0.2, 0) is 16.0 Å². The lowest BCUT2D eigenvalue weighted by Crippen LogP contribution is -2.06. The second kappa shape index (κ2) is 5.48. The molecule has 2 aromatic heterocycles. The number of aromatic nitrogens is 3. The van der Waals surface area contributed by atoms with Crippen molar-refractivity contribution >= 4 is 22.8 Å². The van der Waals surface area contributed by atoms with Gasteiger partial charge in [0, 0.05) is 5.56 Å². The topological polar surface area (TPSA) is 93.9 Å². The largest absolute Gasteiger partial charge is 0.469 e. The van der Waals surface area contributed by atoms with Gasteiger partial charge in [-0.2, -0.15) is 5.10 Å². The van der Waals surface area contributed by atoms with Gasteiger partial charge in [-0.1, -0.05) is 24.3 Å². The van der Waals surface area contributed by atoms with Crippen molar-refractivity contribution in [3.05, 3.63) is 41.5 Å². The van der Waals surface area contributed by atoms with Crippen LogP contribution in [0, 0.1) is 6.92 Å². The maximum atomic E-state index is 11.7. The number of hydrogen-bond donors (Lipinski definition) is 2. The number of benzene rings is 1. The van der Waals surface area contributed by atoms with Gasteiger partial charge in [0.15, 0.2) is 5.65 Å². The fourth-order valence-corrected chi connectivity index (χ4v) is 2.49. The fraction of sp³-hybridized carbons (Fsp3) is 0.188. The Morgan fingerprint density at radius 3 is 2.86 bits per heavy atom. The number of carbonyl (C=O) groups is 1. The van der Waals surface area contributed by atoms with Crippen LogP contribution in [0.15, 0.2) is 30.3 Å². The summed E-state index contributed by atoms with van der Waals surface area (Å²) < 4.78 is 4.76. The predicted octanol–water partition coefficient (Wildman–Crippen LogP) is 2.23. The molecule has 0 aliphatic carbocycles. The van der Waals surface area contributed by atoms with Gasteiger partial charge >= 0.3 is 5.97 Å². The smallest absolute Gasteiger partial charge is 0.310 e. The number of ether oxygens (including phenoxy) is 1. The van der Waals surface area contributed by atoms with Gasteiger partial charge in [0.2, 0.25) is 0 Å². The van der Waals surface area contributed by atoms with E-state index < -0.39 is 0 Å². The molecule has 1 aromatic carbocycles. The molecule has 0 radical (unpaired) electrons. The lowest BCUT2D eigenvalue weighted by Gasteiger charge is -2.08. The number of H-pyrrole nitrogens is 1. The Morgan fingerprint density at radius 2 is 2.14 bits per heavy atom. The number of esters is 1. The third-order valence-electron chi connectivity index (χ3n) is 3.62. The van der Waals surface area contributed by atoms with E-state index in [9.17, 15) is 4.79 Å². The van der Waals surface area contributed by atoms with Crippen molar-refractivity contribution in [2.24, 2.45) is 0 Å². The van der Waals surface area contributed by atoms with E-state index in [0.717, 1.165) is 22.4 Å². The first-order valence-electron chi connectivity index (χ1n) is 6.86. The van der Waals surface area contributed by atoms with E-state index in [0.29, 0.717) is 16.9 Å². The Kier molecular flexibility index (Phi) is 3.50. The molecule has 0 spiro atoms. The number of nitrogens with two attached hydrogens (primary N) is 1. The number of carbonyl (C=O) groups excluding carboxylic acids is 1. The molecule has 112 valence electrons. The average molecular weight is 296 g/mol. The molecule has 0 atom stereocenters. The number of hydrogen-bond acceptors (Lipinski definition) is 5. The lowest BCUT2D eigenvalue weighted by molar-refractivity contribution is -0.139. The van der Waals surface area contributed by atoms with Gasteiger partial charge in [0.25, 0.3) is 0 Å². The summed E-state index contributed by atoms with van der Waals surface area (Å²) in [5.41, 5.74) is 10.0. The molecule has 2 heterocycles. The first kappa shape index (κ1) is 14.1. The number of nitrogens with one attached hydrogen (secondary N) is 1. The Hall–Kier alpha value is -2.89. The quantitative estimate of drug-likeness (QED) is 0.723. The highest BCUT2D eigenvalue weighted by Gasteiger charge is 2.16. The van der Waals surface area contributed by atoms with Crippen LogP contribution in [0.3, 0.4) is 0 Å². The maximum Gasteiger partial charge on any atom is 0.310 e. The molecule has 0 aliphatic rings. The van der Waals surface area contributed by atoms with E-state index in [-0.39, 0.29) is 12.4 Å². The SMILES string of the molecule is COC(=O)Cc1cc(-c2ccccc2C)nc2n[nH]c(N)c12. The highest BCUT2D eigenvalue weighted by molar-refractivity contribution is 5.93. The van der Waals surface area contributed by atoms with Crippen LogP contribution in [0.25, 0.3) is 22.3 Å². The number of fused-ring (bicyclic) bond motifs is 1. The molecule has 6 heteroatoms. The monoisotopic (exact) mass is 296 g/mol. The highest BCUT2D eigenvalue weighted by atomic mass is 16.5. The van der Waals surface area contributed by atoms with E-state index in [1.54, 1.807) is 0 Å². The molecule has 0 aliphatic heterocycles. The molecule has 0 bridgehead atoms. The summed E-state index contributed by atoms with van der Waals surface area (Å²) in [6.07, 6.45) is 0.123. The standard InChI is InChI=1S/C16H16N4O2/c1-9-5-3-4-6-11(9)12-7-10(8-13(21)22-2)14-15(17)19-20-16(14)18-12/h3-7H,8H2,1-2H3,(H3,17,18,19,20). The third kappa shape index (κ3) is 2.39. The van der Waals surface area contributed by atoms with Crippen LogP contribution < -0.4 is 5.73 Å². The normalized spacial score (nSPS) is 10.8. The number of pyridine rings is 1. The number of rotatable bonds is 3. The molecule has 22 heavy (non-hydrogen) atoms. The number of nitrogen functional groups attached to an aromatic ring is 1. The number of anilines is 1. The Morgan fingerprint density at radius 1 is 1.36 bits per heavy atom. The zero-order valence-electron chi connectivity index (χ0n) is 12.4. The summed E-state index contributed by atoms with van der Waals surface area (Å²) >= 11 is 0. The minimum atomic E-state index is -0.330. The second-order valence-electron chi connectivity index (χ2n) is 5.07. The van der Waals surface area contributed by atoms with E-state index in [1.165, 1.54) is 7.11 Å². The minimum absolute atomic E-state index is 0.123. The van der Waals surface area contributed by atoms with Crippen LogP contribution in [0.1, 0.15) is 11.1 Å². The summed E-state index contributed by atoms with van der Waals surface area (Å²) in [4.78, 5) is 16.2. The van der Waals surface area contributed by atoms with Crippen LogP contribution in [0.4, 0.5) is 5.82 Å². The first-order valence-corrected chi connectivity index (χ1v) is 6.86. The molecule has 0 saturated carbocycles. The van der Waals surface area contributed by atoms with Crippen molar-refractivity contribution < 1.29 is 9.53 Å². The van der Waals surface area contributed by atoms with E-state index in [1.807, 2.05) is 37.3 Å². The van der Waals surface area contributed by atoms with Crippen molar-refractivity contribution in [2.45, 2.75) is 13.3 Å². The van der Waals surface area contributed by atoms with Gasteiger partial charge in [0.05, 0.1) is 24.6 Å². The van der Waals surface area contributed by atoms with Gasteiger partial charge in [-0.25, -0.2) is 4.98 Å². The average Bonchev–Trinajstić information content (AvgIpc) is 2.89. The van der Waals surface area contributed by atoms with Crippen molar-refractivity contribution in [1.82, 2.24) is 15.2 Å². The lowest BCUT2D eigenvalue weighted by atomic mass is 10.0. The zero-order valence-corrected chi connectivity index (χ0v) is 12.4. The minimum Gasteiger partial charge on any atom is -0.469 e. The van der Waals surface area contributed by atoms with Gasteiger partial charge in [0.1, 0.15) is 5.82 Å². The number of aromatic amines is 1. The summed E-state index contributed by atoms with van der Waals surface area (Å²) in [6, 6.07) is 9.79. The summed E-state index contributed by atoms with van der Waals surface area (Å²) in [5.74, 6) is 0.0709. The van der Waals surface area contributed by atoms with Crippen molar-refractivity contribution in [3.63, 3.8) is 0 Å². The zero-order chi connectivity index (χ0) is 15.7. The van der Waals surface area contributed by atoms with Crippen LogP contribution >= 0.6 is 0 Å². The van der Waals surface area contributed by atoms with Gasteiger partial charge < -0.3 is 10.5 Å². The van der Waals surface area contributed by atoms with Gasteiger partial charge in [-0.15, -0.1) is 0 Å². The van der Waals surface area contributed by atoms with Gasteiger partial charge in [-0.05, 0) is 24.1 Å². The molecular weight excluding hydrogens is 280 g/mol. The number of aryl methyl sites for hydroxylation is 1. The van der Waals surface area contributed by atoms with Crippen molar-refractivity contribution in [3.8, 4) is 11.3 Å². The predicted molar refractivity (Wildman–Crippen MR) is 84.2 cm³/mol. The van der Waals surface area contributed by atoms with E-state index in [4.69, 9.17) is 10.5 Å². The Labute approximate surface area is 127 Å². The maximum absolute atomic E-state index is 11.7. The molecule has 0 saturated heterocycles. The molecule has 3 aromatic rings. The second-order valence-corrected chi connectivity index (χ2v) is 5.07. The first-order chi connectivity index (χ1) is 10.6. The number of methoxy groups -OCH3 is 1. The molecule has 3 rings (SSSR count). The Bertz CT molecular complexity index is 854.